The molecule has 0 aromatic heterocycles. The predicted octanol–water partition coefficient (Wildman–Crippen LogP) is 10.2. The lowest BCUT2D eigenvalue weighted by molar-refractivity contribution is 0.167. The summed E-state index contributed by atoms with van der Waals surface area (Å²) < 4.78 is 6.76. The zero-order valence-electron chi connectivity index (χ0n) is 34.7. The first-order chi connectivity index (χ1) is 29.7. The number of ether oxygens (including phenoxy) is 1. The molecule has 0 amide bonds. The minimum atomic E-state index is 0.119. The van der Waals surface area contributed by atoms with Gasteiger partial charge < -0.3 is 9.64 Å². The Balaban J connectivity index is 0.849. The van der Waals surface area contributed by atoms with Gasteiger partial charge in [0.2, 0.25) is 0 Å². The molecule has 12 rings (SSSR count). The van der Waals surface area contributed by atoms with E-state index in [-0.39, 0.29) is 12.1 Å². The van der Waals surface area contributed by atoms with Crippen LogP contribution in [0, 0.1) is 29.6 Å². The van der Waals surface area contributed by atoms with Crippen molar-refractivity contribution in [1.82, 2.24) is 4.90 Å². The standard InChI is InChI=1S/C58H55NO/c1-2-11-40(12-3-1)51-19-10-20-54-55-36-43(28-34-57(55)60-58(51)54)39-25-31-47(32-26-39)59(56-37-44-14-5-7-16-49(44)52-17-8-9-18-53(52)56)46-29-23-38(24-30-46)42-27-33-50-45(35-42)22-21-41-13-4-6-15-48(41)50/h1-3,6-9,11,15-19,21-25,28-29,31-36,39-40,42,44,46,55,57H,4-5,10,12-14,20,26-27,30,37H2. The Hall–Kier alpha value is -5.60. The molecule has 0 radical (unpaired) electrons. The highest BCUT2D eigenvalue weighted by Crippen LogP contribution is 2.48. The number of hydrogen-bond donors (Lipinski definition) is 0. The van der Waals surface area contributed by atoms with Crippen LogP contribution in [0.1, 0.15) is 75.3 Å². The molecular formula is C58H55NO. The van der Waals surface area contributed by atoms with E-state index in [0.717, 1.165) is 57.8 Å². The number of fused-ring (bicyclic) bond motifs is 7. The normalized spacial score (nSPS) is 30.3. The van der Waals surface area contributed by atoms with Crippen LogP contribution in [0.3, 0.4) is 0 Å². The van der Waals surface area contributed by atoms with Gasteiger partial charge in [-0.05, 0) is 143 Å². The van der Waals surface area contributed by atoms with Crippen molar-refractivity contribution in [1.29, 1.82) is 0 Å². The van der Waals surface area contributed by atoms with E-state index in [9.17, 15) is 0 Å². The first kappa shape index (κ1) is 36.3. The van der Waals surface area contributed by atoms with Gasteiger partial charge >= 0.3 is 0 Å². The van der Waals surface area contributed by atoms with Crippen LogP contribution in [0.2, 0.25) is 0 Å². The van der Waals surface area contributed by atoms with Crippen LogP contribution in [0.4, 0.5) is 0 Å². The molecule has 2 nitrogen and oxygen atoms in total. The first-order valence-corrected chi connectivity index (χ1v) is 23.1. The van der Waals surface area contributed by atoms with Crippen molar-refractivity contribution in [2.24, 2.45) is 29.6 Å². The van der Waals surface area contributed by atoms with Crippen LogP contribution in [-0.2, 0) is 11.2 Å². The Morgan fingerprint density at radius 3 is 2.43 bits per heavy atom. The summed E-state index contributed by atoms with van der Waals surface area (Å²) in [4.78, 5) is 2.75. The monoisotopic (exact) mass is 781 g/mol. The Morgan fingerprint density at radius 2 is 1.55 bits per heavy atom. The van der Waals surface area contributed by atoms with E-state index in [1.165, 1.54) is 89.9 Å². The second-order valence-electron chi connectivity index (χ2n) is 18.5. The van der Waals surface area contributed by atoms with Crippen LogP contribution < -0.4 is 20.9 Å². The van der Waals surface area contributed by atoms with E-state index >= 15 is 0 Å². The third-order valence-corrected chi connectivity index (χ3v) is 15.2. The molecule has 0 N–H and O–H groups in total. The predicted molar refractivity (Wildman–Crippen MR) is 248 cm³/mol. The molecule has 0 saturated carbocycles. The summed E-state index contributed by atoms with van der Waals surface area (Å²) >= 11 is 0. The smallest absolute Gasteiger partial charge is 0.127 e. The lowest BCUT2D eigenvalue weighted by Crippen LogP contribution is -2.44. The topological polar surface area (TPSA) is 12.5 Å². The van der Waals surface area contributed by atoms with Gasteiger partial charge in [-0.25, -0.2) is 0 Å². The van der Waals surface area contributed by atoms with E-state index in [1.807, 2.05) is 0 Å². The number of nitrogens with zero attached hydrogens (tertiary/aromatic N) is 1. The molecular weight excluding hydrogens is 727 g/mol. The van der Waals surface area contributed by atoms with Gasteiger partial charge in [0, 0.05) is 40.3 Å². The Labute approximate surface area is 355 Å². The highest BCUT2D eigenvalue weighted by atomic mass is 16.5. The average molecular weight is 782 g/mol. The Kier molecular flexibility index (Phi) is 9.15. The van der Waals surface area contributed by atoms with Gasteiger partial charge in [-0.15, -0.1) is 0 Å². The fraction of sp³-hybridized carbons (Fsp3) is 0.310. The van der Waals surface area contributed by atoms with Gasteiger partial charge in [-0.1, -0.05) is 146 Å². The van der Waals surface area contributed by atoms with Crippen molar-refractivity contribution in [2.75, 3.05) is 0 Å². The Morgan fingerprint density at radius 1 is 0.633 bits per heavy atom. The number of hydrogen-bond acceptors (Lipinski definition) is 2. The summed E-state index contributed by atoms with van der Waals surface area (Å²) in [5.74, 6) is 3.31. The highest BCUT2D eigenvalue weighted by molar-refractivity contribution is 5.68. The van der Waals surface area contributed by atoms with Gasteiger partial charge in [-0.2, -0.15) is 0 Å². The van der Waals surface area contributed by atoms with Crippen molar-refractivity contribution < 1.29 is 4.74 Å². The zero-order valence-corrected chi connectivity index (χ0v) is 34.7. The highest BCUT2D eigenvalue weighted by Gasteiger charge is 2.40. The maximum absolute atomic E-state index is 6.76. The van der Waals surface area contributed by atoms with Gasteiger partial charge in [-0.3, -0.25) is 0 Å². The minimum absolute atomic E-state index is 0.119. The van der Waals surface area contributed by atoms with Crippen LogP contribution in [0.5, 0.6) is 0 Å². The van der Waals surface area contributed by atoms with E-state index in [1.54, 1.807) is 0 Å². The lowest BCUT2D eigenvalue weighted by Gasteiger charge is -2.40. The van der Waals surface area contributed by atoms with Gasteiger partial charge in [0.15, 0.2) is 0 Å². The lowest BCUT2D eigenvalue weighted by atomic mass is 9.78. The summed E-state index contributed by atoms with van der Waals surface area (Å²) in [7, 11) is 0. The molecule has 0 fully saturated rings. The number of aryl methyl sites for hydroxylation is 1. The fourth-order valence-corrected chi connectivity index (χ4v) is 12.1. The molecule has 2 aromatic rings. The molecule has 7 unspecified atom stereocenters. The SMILES string of the molecule is C1=CCC(C2=CCCC3=C2OC2C=CC(C4C=CC(N(C5=c6ccccc6=C6C=CCCC6C5)C5C=CC(C6C=c7ccc8c(c7=CC6)C=CCC8)=CC5)=CC4)=CC32)C=C1. The summed E-state index contributed by atoms with van der Waals surface area (Å²) in [6, 6.07) is 14.2. The molecule has 2 heteroatoms. The molecule has 2 aromatic carbocycles. The van der Waals surface area contributed by atoms with E-state index in [4.69, 9.17) is 4.74 Å². The molecule has 0 bridgehead atoms. The molecule has 1 aliphatic heterocycles. The van der Waals surface area contributed by atoms with Crippen molar-refractivity contribution in [3.8, 4) is 0 Å². The van der Waals surface area contributed by atoms with Crippen molar-refractivity contribution >= 4 is 29.5 Å². The van der Waals surface area contributed by atoms with Crippen LogP contribution >= 0.6 is 0 Å². The molecule has 0 saturated heterocycles. The van der Waals surface area contributed by atoms with Gasteiger partial charge in [0.1, 0.15) is 11.9 Å². The molecule has 1 heterocycles. The third kappa shape index (κ3) is 6.29. The third-order valence-electron chi connectivity index (χ3n) is 15.2. The second kappa shape index (κ2) is 15.1. The maximum atomic E-state index is 6.76. The minimum Gasteiger partial charge on any atom is -0.485 e. The van der Waals surface area contributed by atoms with E-state index < -0.39 is 0 Å². The first-order valence-electron chi connectivity index (χ1n) is 23.1. The van der Waals surface area contributed by atoms with Crippen molar-refractivity contribution in [3.63, 3.8) is 0 Å². The largest absolute Gasteiger partial charge is 0.485 e. The van der Waals surface area contributed by atoms with Crippen LogP contribution in [0.25, 0.3) is 29.5 Å². The zero-order chi connectivity index (χ0) is 39.6. The Bertz CT molecular complexity index is 2820. The quantitative estimate of drug-likeness (QED) is 0.290. The van der Waals surface area contributed by atoms with Crippen molar-refractivity contribution in [3.05, 3.63) is 205 Å². The molecule has 298 valence electrons. The number of rotatable bonds is 6. The summed E-state index contributed by atoms with van der Waals surface area (Å²) in [6.45, 7) is 0. The second-order valence-corrected chi connectivity index (χ2v) is 18.5. The van der Waals surface area contributed by atoms with E-state index in [2.05, 4.69) is 163 Å². The summed E-state index contributed by atoms with van der Waals surface area (Å²) in [5, 5.41) is 5.69. The summed E-state index contributed by atoms with van der Waals surface area (Å²) in [6.07, 6.45) is 60.7. The van der Waals surface area contributed by atoms with Crippen LogP contribution in [-0.4, -0.2) is 17.0 Å². The average Bonchev–Trinajstić information content (AvgIpc) is 3.70. The molecule has 0 spiro atoms. The molecule has 10 aliphatic rings. The summed E-state index contributed by atoms with van der Waals surface area (Å²) in [5.41, 5.74) is 13.2. The molecule has 7 atom stereocenters. The molecule has 60 heavy (non-hydrogen) atoms. The van der Waals surface area contributed by atoms with Crippen molar-refractivity contribution in [2.45, 2.75) is 82.8 Å². The number of benzene rings is 2. The van der Waals surface area contributed by atoms with Gasteiger partial charge in [0.05, 0.1) is 6.04 Å². The van der Waals surface area contributed by atoms with Crippen LogP contribution in [0.15, 0.2) is 173 Å². The van der Waals surface area contributed by atoms with E-state index in [0.29, 0.717) is 29.6 Å². The molecule has 9 aliphatic carbocycles. The maximum Gasteiger partial charge on any atom is 0.127 e. The number of allylic oxidation sites excluding steroid dienone is 16. The fourth-order valence-electron chi connectivity index (χ4n) is 12.1. The van der Waals surface area contributed by atoms with Gasteiger partial charge in [0.25, 0.3) is 0 Å².